The second kappa shape index (κ2) is 8.82. The van der Waals surface area contributed by atoms with Gasteiger partial charge in [0.15, 0.2) is 6.61 Å². The van der Waals surface area contributed by atoms with Crippen LogP contribution in [-0.2, 0) is 16.0 Å². The predicted octanol–water partition coefficient (Wildman–Crippen LogP) is 2.80. The summed E-state index contributed by atoms with van der Waals surface area (Å²) in [5.74, 6) is 0.426. The van der Waals surface area contributed by atoms with E-state index in [2.05, 4.69) is 12.2 Å². The molecule has 1 fully saturated rings. The number of carbonyl (C=O) groups excluding carboxylic acids is 2. The molecule has 0 unspecified atom stereocenters. The van der Waals surface area contributed by atoms with Crippen molar-refractivity contribution in [2.45, 2.75) is 13.3 Å². The second-order valence-corrected chi connectivity index (χ2v) is 7.05. The second-order valence-electron chi connectivity index (χ2n) is 5.88. The SMILES string of the molecule is CCc1ccc(C(=O)Nc2ccc(OCC(=O)N3CCOCC3)cc2)s1. The number of rotatable bonds is 6. The van der Waals surface area contributed by atoms with E-state index in [1.165, 1.54) is 16.2 Å². The van der Waals surface area contributed by atoms with Gasteiger partial charge in [0, 0.05) is 23.7 Å². The zero-order valence-electron chi connectivity index (χ0n) is 14.7. The molecule has 2 aromatic rings. The van der Waals surface area contributed by atoms with Crippen molar-refractivity contribution in [2.75, 3.05) is 38.2 Å². The molecule has 1 aromatic carbocycles. The quantitative estimate of drug-likeness (QED) is 0.844. The molecule has 0 saturated carbocycles. The van der Waals surface area contributed by atoms with Gasteiger partial charge in [0.2, 0.25) is 0 Å². The highest BCUT2D eigenvalue weighted by molar-refractivity contribution is 7.14. The molecule has 2 amide bonds. The summed E-state index contributed by atoms with van der Waals surface area (Å²) in [6, 6.07) is 10.8. The Morgan fingerprint density at radius 1 is 1.15 bits per heavy atom. The fraction of sp³-hybridized carbons (Fsp3) is 0.368. The number of amides is 2. The van der Waals surface area contributed by atoms with Crippen LogP contribution in [0.3, 0.4) is 0 Å². The molecule has 138 valence electrons. The molecule has 2 heterocycles. The highest BCUT2D eigenvalue weighted by atomic mass is 32.1. The number of ether oxygens (including phenoxy) is 2. The fourth-order valence-electron chi connectivity index (χ4n) is 2.57. The van der Waals surface area contributed by atoms with Crippen molar-refractivity contribution in [2.24, 2.45) is 0 Å². The monoisotopic (exact) mass is 374 g/mol. The van der Waals surface area contributed by atoms with E-state index in [0.29, 0.717) is 42.6 Å². The third kappa shape index (κ3) is 4.83. The van der Waals surface area contributed by atoms with Gasteiger partial charge in [-0.3, -0.25) is 9.59 Å². The maximum absolute atomic E-state index is 12.2. The molecule has 26 heavy (non-hydrogen) atoms. The third-order valence-corrected chi connectivity index (χ3v) is 5.30. The first-order valence-corrected chi connectivity index (χ1v) is 9.46. The van der Waals surface area contributed by atoms with Crippen LogP contribution in [0.4, 0.5) is 5.69 Å². The van der Waals surface area contributed by atoms with Crippen LogP contribution < -0.4 is 10.1 Å². The van der Waals surface area contributed by atoms with Crippen molar-refractivity contribution in [1.29, 1.82) is 0 Å². The highest BCUT2D eigenvalue weighted by Gasteiger charge is 2.17. The Labute approximate surface area is 156 Å². The topological polar surface area (TPSA) is 67.9 Å². The van der Waals surface area contributed by atoms with Crippen molar-refractivity contribution < 1.29 is 19.1 Å². The van der Waals surface area contributed by atoms with Gasteiger partial charge in [0.25, 0.3) is 11.8 Å². The van der Waals surface area contributed by atoms with Crippen LogP contribution in [0, 0.1) is 0 Å². The average molecular weight is 374 g/mol. The summed E-state index contributed by atoms with van der Waals surface area (Å²) in [4.78, 5) is 27.9. The van der Waals surface area contributed by atoms with Gasteiger partial charge < -0.3 is 19.7 Å². The summed E-state index contributed by atoms with van der Waals surface area (Å²) in [6.45, 7) is 4.43. The summed E-state index contributed by atoms with van der Waals surface area (Å²) in [7, 11) is 0. The standard InChI is InChI=1S/C19H22N2O4S/c1-2-16-7-8-17(26-16)19(23)20-14-3-5-15(6-4-14)25-13-18(22)21-9-11-24-12-10-21/h3-8H,2,9-13H2,1H3,(H,20,23). The predicted molar refractivity (Wildman–Crippen MR) is 101 cm³/mol. The van der Waals surface area contributed by atoms with E-state index < -0.39 is 0 Å². The van der Waals surface area contributed by atoms with Crippen LogP contribution in [0.1, 0.15) is 21.5 Å². The van der Waals surface area contributed by atoms with Crippen molar-refractivity contribution in [3.63, 3.8) is 0 Å². The van der Waals surface area contributed by atoms with Crippen molar-refractivity contribution in [3.05, 3.63) is 46.2 Å². The number of benzene rings is 1. The minimum atomic E-state index is -0.120. The summed E-state index contributed by atoms with van der Waals surface area (Å²) in [5.41, 5.74) is 0.688. The number of thiophene rings is 1. The summed E-state index contributed by atoms with van der Waals surface area (Å²) in [5, 5.41) is 2.87. The van der Waals surface area contributed by atoms with Gasteiger partial charge in [0.05, 0.1) is 18.1 Å². The van der Waals surface area contributed by atoms with Gasteiger partial charge in [0.1, 0.15) is 5.75 Å². The van der Waals surface area contributed by atoms with E-state index in [1.807, 2.05) is 12.1 Å². The average Bonchev–Trinajstić information content (AvgIpc) is 3.17. The van der Waals surface area contributed by atoms with Gasteiger partial charge in [-0.2, -0.15) is 0 Å². The molecular weight excluding hydrogens is 352 g/mol. The van der Waals surface area contributed by atoms with Crippen molar-refractivity contribution in [3.8, 4) is 5.75 Å². The van der Waals surface area contributed by atoms with Crippen molar-refractivity contribution in [1.82, 2.24) is 4.90 Å². The van der Waals surface area contributed by atoms with Gasteiger partial charge in [-0.05, 0) is 42.8 Å². The summed E-state index contributed by atoms with van der Waals surface area (Å²) in [6.07, 6.45) is 0.924. The van der Waals surface area contributed by atoms with Gasteiger partial charge in [-0.15, -0.1) is 11.3 Å². The Kier molecular flexibility index (Phi) is 6.25. The van der Waals surface area contributed by atoms with E-state index in [4.69, 9.17) is 9.47 Å². The van der Waals surface area contributed by atoms with E-state index >= 15 is 0 Å². The molecule has 1 aromatic heterocycles. The maximum Gasteiger partial charge on any atom is 0.265 e. The van der Waals surface area contributed by atoms with Crippen LogP contribution in [0.15, 0.2) is 36.4 Å². The van der Waals surface area contributed by atoms with Crippen LogP contribution in [0.2, 0.25) is 0 Å². The van der Waals surface area contributed by atoms with E-state index in [0.717, 1.165) is 6.42 Å². The molecule has 1 saturated heterocycles. The zero-order chi connectivity index (χ0) is 18.4. The largest absolute Gasteiger partial charge is 0.484 e. The lowest BCUT2D eigenvalue weighted by atomic mass is 10.3. The first kappa shape index (κ1) is 18.4. The summed E-state index contributed by atoms with van der Waals surface area (Å²) < 4.78 is 10.8. The van der Waals surface area contributed by atoms with Gasteiger partial charge >= 0.3 is 0 Å². The molecule has 0 radical (unpaired) electrons. The molecule has 6 nitrogen and oxygen atoms in total. The number of hydrogen-bond donors (Lipinski definition) is 1. The first-order chi connectivity index (χ1) is 12.7. The van der Waals surface area contributed by atoms with Crippen LogP contribution in [-0.4, -0.2) is 49.6 Å². The van der Waals surface area contributed by atoms with E-state index in [-0.39, 0.29) is 18.4 Å². The van der Waals surface area contributed by atoms with Gasteiger partial charge in [-0.1, -0.05) is 6.92 Å². The minimum absolute atomic E-state index is 0.000690. The first-order valence-electron chi connectivity index (χ1n) is 8.64. The molecule has 7 heteroatoms. The molecule has 3 rings (SSSR count). The molecule has 0 atom stereocenters. The number of morpholine rings is 1. The fourth-order valence-corrected chi connectivity index (χ4v) is 3.41. The number of anilines is 1. The van der Waals surface area contributed by atoms with E-state index in [1.54, 1.807) is 29.2 Å². The molecule has 0 spiro atoms. The Bertz CT molecular complexity index is 751. The highest BCUT2D eigenvalue weighted by Crippen LogP contribution is 2.20. The number of aryl methyl sites for hydroxylation is 1. The number of hydrogen-bond acceptors (Lipinski definition) is 5. The number of nitrogens with one attached hydrogen (secondary N) is 1. The van der Waals surface area contributed by atoms with Gasteiger partial charge in [-0.25, -0.2) is 0 Å². The molecule has 1 N–H and O–H groups in total. The molecule has 1 aliphatic heterocycles. The molecule has 0 aliphatic carbocycles. The number of carbonyl (C=O) groups is 2. The molecular formula is C19H22N2O4S. The Hall–Kier alpha value is -2.38. The summed E-state index contributed by atoms with van der Waals surface area (Å²) >= 11 is 1.50. The zero-order valence-corrected chi connectivity index (χ0v) is 15.5. The lowest BCUT2D eigenvalue weighted by molar-refractivity contribution is -0.137. The van der Waals surface area contributed by atoms with Crippen molar-refractivity contribution >= 4 is 28.8 Å². The Morgan fingerprint density at radius 3 is 2.54 bits per heavy atom. The number of nitrogens with zero attached hydrogens (tertiary/aromatic N) is 1. The Balaban J connectivity index is 1.49. The molecule has 1 aliphatic rings. The van der Waals surface area contributed by atoms with Crippen LogP contribution in [0.25, 0.3) is 0 Å². The minimum Gasteiger partial charge on any atom is -0.484 e. The normalized spacial score (nSPS) is 14.1. The molecule has 0 bridgehead atoms. The maximum atomic E-state index is 12.2. The van der Waals surface area contributed by atoms with Crippen LogP contribution in [0.5, 0.6) is 5.75 Å². The third-order valence-electron chi connectivity index (χ3n) is 4.07. The Morgan fingerprint density at radius 2 is 1.88 bits per heavy atom. The van der Waals surface area contributed by atoms with Crippen LogP contribution >= 0.6 is 11.3 Å². The lowest BCUT2D eigenvalue weighted by Gasteiger charge is -2.26. The van der Waals surface area contributed by atoms with E-state index in [9.17, 15) is 9.59 Å². The lowest BCUT2D eigenvalue weighted by Crippen LogP contribution is -2.42. The smallest absolute Gasteiger partial charge is 0.265 e.